The van der Waals surface area contributed by atoms with Crippen molar-refractivity contribution in [3.63, 3.8) is 0 Å². The van der Waals surface area contributed by atoms with Crippen LogP contribution in [-0.2, 0) is 11.4 Å². The highest BCUT2D eigenvalue weighted by Gasteiger charge is 2.12. The Bertz CT molecular complexity index is 534. The minimum absolute atomic E-state index is 0.187. The van der Waals surface area contributed by atoms with E-state index in [1.54, 1.807) is 11.3 Å². The van der Waals surface area contributed by atoms with E-state index in [9.17, 15) is 4.79 Å². The first-order valence-electron chi connectivity index (χ1n) is 5.69. The lowest BCUT2D eigenvalue weighted by atomic mass is 10.2. The number of hydrogen-bond acceptors (Lipinski definition) is 3. The van der Waals surface area contributed by atoms with Crippen LogP contribution < -0.4 is 5.48 Å². The smallest absolute Gasteiger partial charge is 0.269 e. The van der Waals surface area contributed by atoms with Gasteiger partial charge in [-0.15, -0.1) is 11.3 Å². The van der Waals surface area contributed by atoms with Gasteiger partial charge < -0.3 is 0 Å². The zero-order valence-electron chi connectivity index (χ0n) is 10.4. The highest BCUT2D eigenvalue weighted by atomic mass is 32.1. The predicted molar refractivity (Wildman–Crippen MR) is 72.5 cm³/mol. The minimum Gasteiger partial charge on any atom is -0.269 e. The molecule has 1 heterocycles. The number of thiophene rings is 1. The maximum absolute atomic E-state index is 11.8. The summed E-state index contributed by atoms with van der Waals surface area (Å²) in [7, 11) is 0. The van der Waals surface area contributed by atoms with E-state index < -0.39 is 0 Å². The minimum atomic E-state index is -0.187. The number of benzene rings is 1. The van der Waals surface area contributed by atoms with Gasteiger partial charge in [0.15, 0.2) is 0 Å². The van der Waals surface area contributed by atoms with E-state index in [1.165, 1.54) is 0 Å². The average Bonchev–Trinajstić information content (AvgIpc) is 2.71. The quantitative estimate of drug-likeness (QED) is 0.858. The Morgan fingerprint density at radius 2 is 2.00 bits per heavy atom. The molecule has 0 atom stereocenters. The van der Waals surface area contributed by atoms with Crippen molar-refractivity contribution in [3.05, 3.63) is 57.3 Å². The van der Waals surface area contributed by atoms with Gasteiger partial charge in [-0.1, -0.05) is 30.3 Å². The number of hydroxylamine groups is 1. The summed E-state index contributed by atoms with van der Waals surface area (Å²) in [6.07, 6.45) is 0. The molecule has 1 aromatic carbocycles. The molecule has 0 spiro atoms. The van der Waals surface area contributed by atoms with Crippen molar-refractivity contribution < 1.29 is 9.63 Å². The Balaban J connectivity index is 1.88. The first-order valence-corrected chi connectivity index (χ1v) is 6.57. The van der Waals surface area contributed by atoms with E-state index >= 15 is 0 Å². The van der Waals surface area contributed by atoms with Gasteiger partial charge in [-0.3, -0.25) is 9.63 Å². The van der Waals surface area contributed by atoms with Gasteiger partial charge in [0.2, 0.25) is 0 Å². The lowest BCUT2D eigenvalue weighted by Gasteiger charge is -2.05. The van der Waals surface area contributed by atoms with Gasteiger partial charge in [-0.05, 0) is 25.0 Å². The number of amides is 1. The van der Waals surface area contributed by atoms with Crippen molar-refractivity contribution in [2.45, 2.75) is 20.5 Å². The Labute approximate surface area is 110 Å². The van der Waals surface area contributed by atoms with Gasteiger partial charge in [-0.25, -0.2) is 5.48 Å². The Morgan fingerprint density at radius 3 is 2.61 bits per heavy atom. The molecule has 0 aliphatic rings. The second-order valence-electron chi connectivity index (χ2n) is 4.04. The normalized spacial score (nSPS) is 10.3. The summed E-state index contributed by atoms with van der Waals surface area (Å²) in [4.78, 5) is 18.2. The SMILES string of the molecule is Cc1scc(C(=O)NOCc2ccccc2)c1C. The molecule has 0 aliphatic carbocycles. The highest BCUT2D eigenvalue weighted by molar-refractivity contribution is 7.10. The molecule has 0 radical (unpaired) electrons. The summed E-state index contributed by atoms with van der Waals surface area (Å²) in [5, 5.41) is 1.85. The lowest BCUT2D eigenvalue weighted by molar-refractivity contribution is 0.0233. The third-order valence-corrected chi connectivity index (χ3v) is 3.79. The number of aryl methyl sites for hydroxylation is 1. The summed E-state index contributed by atoms with van der Waals surface area (Å²) in [5.41, 5.74) is 5.19. The number of nitrogens with one attached hydrogen (secondary N) is 1. The summed E-state index contributed by atoms with van der Waals surface area (Å²) < 4.78 is 0. The fraction of sp³-hybridized carbons (Fsp3) is 0.214. The number of carbonyl (C=O) groups excluding carboxylic acids is 1. The largest absolute Gasteiger partial charge is 0.275 e. The van der Waals surface area contributed by atoms with Crippen LogP contribution >= 0.6 is 11.3 Å². The van der Waals surface area contributed by atoms with Gasteiger partial charge in [0, 0.05) is 10.3 Å². The molecular formula is C14H15NO2S. The molecular weight excluding hydrogens is 246 g/mol. The van der Waals surface area contributed by atoms with Gasteiger partial charge in [-0.2, -0.15) is 0 Å². The van der Waals surface area contributed by atoms with Crippen LogP contribution in [0.3, 0.4) is 0 Å². The summed E-state index contributed by atoms with van der Waals surface area (Å²) in [5.74, 6) is -0.187. The number of rotatable bonds is 4. The zero-order chi connectivity index (χ0) is 13.0. The van der Waals surface area contributed by atoms with Gasteiger partial charge in [0.1, 0.15) is 0 Å². The fourth-order valence-electron chi connectivity index (χ4n) is 1.55. The standard InChI is InChI=1S/C14H15NO2S/c1-10-11(2)18-9-13(10)14(16)15-17-8-12-6-4-3-5-7-12/h3-7,9H,8H2,1-2H3,(H,15,16). The summed E-state index contributed by atoms with van der Waals surface area (Å²) in [6.45, 7) is 4.31. The van der Waals surface area contributed by atoms with Crippen molar-refractivity contribution in [1.82, 2.24) is 5.48 Å². The van der Waals surface area contributed by atoms with Crippen molar-refractivity contribution in [1.29, 1.82) is 0 Å². The maximum atomic E-state index is 11.8. The number of hydrogen-bond donors (Lipinski definition) is 1. The molecule has 3 nitrogen and oxygen atoms in total. The maximum Gasteiger partial charge on any atom is 0.275 e. The van der Waals surface area contributed by atoms with Crippen LogP contribution in [0.25, 0.3) is 0 Å². The van der Waals surface area contributed by atoms with Crippen molar-refractivity contribution in [3.8, 4) is 0 Å². The molecule has 94 valence electrons. The van der Waals surface area contributed by atoms with Crippen LogP contribution in [0.5, 0.6) is 0 Å². The molecule has 2 rings (SSSR count). The van der Waals surface area contributed by atoms with Crippen molar-refractivity contribution >= 4 is 17.2 Å². The third kappa shape index (κ3) is 2.97. The van der Waals surface area contributed by atoms with Crippen LogP contribution in [-0.4, -0.2) is 5.91 Å². The molecule has 18 heavy (non-hydrogen) atoms. The van der Waals surface area contributed by atoms with Crippen molar-refractivity contribution in [2.24, 2.45) is 0 Å². The average molecular weight is 261 g/mol. The van der Waals surface area contributed by atoms with Gasteiger partial charge >= 0.3 is 0 Å². The lowest BCUT2D eigenvalue weighted by Crippen LogP contribution is -2.23. The predicted octanol–water partition coefficient (Wildman–Crippen LogP) is 3.23. The van der Waals surface area contributed by atoms with Crippen LogP contribution in [0.4, 0.5) is 0 Å². The monoisotopic (exact) mass is 261 g/mol. The van der Waals surface area contributed by atoms with E-state index in [2.05, 4.69) is 5.48 Å². The molecule has 0 saturated carbocycles. The molecule has 1 aromatic heterocycles. The Hall–Kier alpha value is -1.65. The molecule has 0 fully saturated rings. The third-order valence-electron chi connectivity index (χ3n) is 2.78. The summed E-state index contributed by atoms with van der Waals surface area (Å²) in [6, 6.07) is 9.72. The van der Waals surface area contributed by atoms with Crippen molar-refractivity contribution in [2.75, 3.05) is 0 Å². The molecule has 1 N–H and O–H groups in total. The molecule has 0 bridgehead atoms. The molecule has 2 aromatic rings. The molecule has 0 saturated heterocycles. The zero-order valence-corrected chi connectivity index (χ0v) is 11.2. The molecule has 4 heteroatoms. The van der Waals surface area contributed by atoms with Crippen LogP contribution in [0.1, 0.15) is 26.4 Å². The Kier molecular flexibility index (Phi) is 4.12. The van der Waals surface area contributed by atoms with Crippen LogP contribution in [0.2, 0.25) is 0 Å². The van der Waals surface area contributed by atoms with E-state index in [4.69, 9.17) is 4.84 Å². The first kappa shape index (κ1) is 12.8. The molecule has 0 unspecified atom stereocenters. The second kappa shape index (κ2) is 5.80. The van der Waals surface area contributed by atoms with E-state index in [-0.39, 0.29) is 5.91 Å². The summed E-state index contributed by atoms with van der Waals surface area (Å²) >= 11 is 1.57. The Morgan fingerprint density at radius 1 is 1.28 bits per heavy atom. The van der Waals surface area contributed by atoms with E-state index in [0.717, 1.165) is 16.0 Å². The highest BCUT2D eigenvalue weighted by Crippen LogP contribution is 2.20. The molecule has 1 amide bonds. The van der Waals surface area contributed by atoms with Gasteiger partial charge in [0.25, 0.3) is 5.91 Å². The van der Waals surface area contributed by atoms with Crippen LogP contribution in [0.15, 0.2) is 35.7 Å². The topological polar surface area (TPSA) is 38.3 Å². The van der Waals surface area contributed by atoms with E-state index in [1.807, 2.05) is 49.6 Å². The first-order chi connectivity index (χ1) is 8.68. The molecule has 0 aliphatic heterocycles. The van der Waals surface area contributed by atoms with E-state index in [0.29, 0.717) is 12.2 Å². The number of carbonyl (C=O) groups is 1. The van der Waals surface area contributed by atoms with Crippen LogP contribution in [0, 0.1) is 13.8 Å². The fourth-order valence-corrected chi connectivity index (χ4v) is 2.42. The van der Waals surface area contributed by atoms with Gasteiger partial charge in [0.05, 0.1) is 12.2 Å². The second-order valence-corrected chi connectivity index (χ2v) is 5.12.